The van der Waals surface area contributed by atoms with Crippen LogP contribution in [0.2, 0.25) is 10.0 Å². The lowest BCUT2D eigenvalue weighted by Gasteiger charge is -2.33. The van der Waals surface area contributed by atoms with Crippen molar-refractivity contribution in [2.75, 3.05) is 17.1 Å². The first-order valence-electron chi connectivity index (χ1n) is 10.6. The summed E-state index contributed by atoms with van der Waals surface area (Å²) in [6.45, 7) is 4.77. The summed E-state index contributed by atoms with van der Waals surface area (Å²) in [7, 11) is -3.89. The standard InChI is InChI=1S/C23H28Cl2FN3O4S/c1-5-21(23(31)27-15(2)3)28(13-16-6-8-17(26)9-7-16)22(30)14-29(34(4,32)33)18-10-11-19(24)20(25)12-18/h6-12,15,21H,5,13-14H2,1-4H3,(H,27,31)/t21-/m1/s1. The SMILES string of the molecule is CC[C@H](C(=O)NC(C)C)N(Cc1ccc(F)cc1)C(=O)CN(c1ccc(Cl)c(Cl)c1)S(C)(=O)=O. The zero-order chi connectivity index (χ0) is 25.6. The summed E-state index contributed by atoms with van der Waals surface area (Å²) in [5, 5.41) is 3.16. The number of hydrogen-bond acceptors (Lipinski definition) is 4. The number of benzene rings is 2. The Morgan fingerprint density at radius 2 is 1.68 bits per heavy atom. The molecule has 11 heteroatoms. The molecule has 0 radical (unpaired) electrons. The van der Waals surface area contributed by atoms with E-state index >= 15 is 0 Å². The summed E-state index contributed by atoms with van der Waals surface area (Å²) >= 11 is 12.0. The third kappa shape index (κ3) is 7.58. The molecular weight excluding hydrogens is 504 g/mol. The second-order valence-electron chi connectivity index (χ2n) is 8.10. The number of amides is 2. The van der Waals surface area contributed by atoms with E-state index in [0.29, 0.717) is 5.56 Å². The summed E-state index contributed by atoms with van der Waals surface area (Å²) in [5.41, 5.74) is 0.748. The van der Waals surface area contributed by atoms with Crippen LogP contribution in [0, 0.1) is 5.82 Å². The zero-order valence-corrected chi connectivity index (χ0v) is 21.7. The van der Waals surface area contributed by atoms with Gasteiger partial charge in [-0.25, -0.2) is 12.8 Å². The predicted molar refractivity (Wildman–Crippen MR) is 133 cm³/mol. The van der Waals surface area contributed by atoms with Crippen molar-refractivity contribution in [1.82, 2.24) is 10.2 Å². The van der Waals surface area contributed by atoms with Crippen molar-refractivity contribution in [1.29, 1.82) is 0 Å². The molecule has 2 amide bonds. The first kappa shape index (κ1) is 27.9. The van der Waals surface area contributed by atoms with E-state index in [-0.39, 0.29) is 40.6 Å². The van der Waals surface area contributed by atoms with Crippen LogP contribution in [0.15, 0.2) is 42.5 Å². The molecule has 2 rings (SSSR count). The van der Waals surface area contributed by atoms with Crippen molar-refractivity contribution in [2.45, 2.75) is 45.8 Å². The van der Waals surface area contributed by atoms with Crippen molar-refractivity contribution in [3.8, 4) is 0 Å². The Labute approximate surface area is 209 Å². The molecule has 0 aromatic heterocycles. The lowest BCUT2D eigenvalue weighted by atomic mass is 10.1. The average molecular weight is 532 g/mol. The molecule has 0 unspecified atom stereocenters. The molecule has 0 aliphatic heterocycles. The fraction of sp³-hybridized carbons (Fsp3) is 0.391. The molecule has 0 fully saturated rings. The highest BCUT2D eigenvalue weighted by Crippen LogP contribution is 2.28. The lowest BCUT2D eigenvalue weighted by Crippen LogP contribution is -2.53. The molecule has 2 aromatic rings. The van der Waals surface area contributed by atoms with Crippen molar-refractivity contribution in [3.05, 3.63) is 63.9 Å². The van der Waals surface area contributed by atoms with Crippen LogP contribution in [0.3, 0.4) is 0 Å². The molecule has 0 bridgehead atoms. The number of anilines is 1. The molecule has 1 atom stereocenters. The topological polar surface area (TPSA) is 86.8 Å². The van der Waals surface area contributed by atoms with Crippen molar-refractivity contribution in [3.63, 3.8) is 0 Å². The van der Waals surface area contributed by atoms with E-state index < -0.39 is 34.3 Å². The molecule has 34 heavy (non-hydrogen) atoms. The number of carbonyl (C=O) groups is 2. The molecule has 0 aliphatic rings. The van der Waals surface area contributed by atoms with Crippen LogP contribution in [0.4, 0.5) is 10.1 Å². The van der Waals surface area contributed by atoms with Gasteiger partial charge in [-0.2, -0.15) is 0 Å². The number of carbonyl (C=O) groups excluding carboxylic acids is 2. The number of halogens is 3. The highest BCUT2D eigenvalue weighted by Gasteiger charge is 2.32. The molecular formula is C23H28Cl2FN3O4S. The van der Waals surface area contributed by atoms with Gasteiger partial charge < -0.3 is 10.2 Å². The van der Waals surface area contributed by atoms with Crippen LogP contribution >= 0.6 is 23.2 Å². The smallest absolute Gasteiger partial charge is 0.244 e. The van der Waals surface area contributed by atoms with E-state index in [0.717, 1.165) is 10.6 Å². The van der Waals surface area contributed by atoms with E-state index in [1.54, 1.807) is 20.8 Å². The number of sulfonamides is 1. The van der Waals surface area contributed by atoms with Gasteiger partial charge in [-0.15, -0.1) is 0 Å². The largest absolute Gasteiger partial charge is 0.352 e. The number of rotatable bonds is 10. The van der Waals surface area contributed by atoms with Gasteiger partial charge in [0.15, 0.2) is 0 Å². The highest BCUT2D eigenvalue weighted by molar-refractivity contribution is 7.92. The van der Waals surface area contributed by atoms with Gasteiger partial charge in [0.1, 0.15) is 18.4 Å². The Bertz CT molecular complexity index is 1130. The molecule has 7 nitrogen and oxygen atoms in total. The predicted octanol–water partition coefficient (Wildman–Crippen LogP) is 4.23. The van der Waals surface area contributed by atoms with Crippen LogP contribution < -0.4 is 9.62 Å². The zero-order valence-electron chi connectivity index (χ0n) is 19.4. The molecule has 186 valence electrons. The van der Waals surface area contributed by atoms with Crippen molar-refractivity contribution >= 4 is 50.7 Å². The Morgan fingerprint density at radius 1 is 1.06 bits per heavy atom. The van der Waals surface area contributed by atoms with E-state index in [1.165, 1.54) is 47.4 Å². The summed E-state index contributed by atoms with van der Waals surface area (Å²) in [4.78, 5) is 27.7. The summed E-state index contributed by atoms with van der Waals surface area (Å²) < 4.78 is 39.4. The normalized spacial score (nSPS) is 12.4. The van der Waals surface area contributed by atoms with Gasteiger partial charge in [-0.3, -0.25) is 13.9 Å². The van der Waals surface area contributed by atoms with E-state index in [4.69, 9.17) is 23.2 Å². The van der Waals surface area contributed by atoms with Crippen LogP contribution in [0.5, 0.6) is 0 Å². The van der Waals surface area contributed by atoms with Gasteiger partial charge in [0.25, 0.3) is 0 Å². The minimum atomic E-state index is -3.89. The minimum absolute atomic E-state index is 0.0118. The molecule has 1 N–H and O–H groups in total. The van der Waals surface area contributed by atoms with Gasteiger partial charge in [-0.05, 0) is 56.2 Å². The minimum Gasteiger partial charge on any atom is -0.352 e. The number of nitrogens with one attached hydrogen (secondary N) is 1. The quantitative estimate of drug-likeness (QED) is 0.496. The van der Waals surface area contributed by atoms with Crippen LogP contribution in [-0.2, 0) is 26.2 Å². The van der Waals surface area contributed by atoms with Crippen molar-refractivity contribution < 1.29 is 22.4 Å². The average Bonchev–Trinajstić information content (AvgIpc) is 2.74. The van der Waals surface area contributed by atoms with E-state index in [1.807, 2.05) is 0 Å². The maximum absolute atomic E-state index is 13.5. The molecule has 0 aliphatic carbocycles. The summed E-state index contributed by atoms with van der Waals surface area (Å²) in [6.07, 6.45) is 1.26. The monoisotopic (exact) mass is 531 g/mol. The van der Waals surface area contributed by atoms with Gasteiger partial charge in [0, 0.05) is 12.6 Å². The Hall–Kier alpha value is -2.36. The number of nitrogens with zero attached hydrogens (tertiary/aromatic N) is 2. The van der Waals surface area contributed by atoms with Gasteiger partial charge in [0.2, 0.25) is 21.8 Å². The summed E-state index contributed by atoms with van der Waals surface area (Å²) in [6, 6.07) is 8.73. The second kappa shape index (κ2) is 11.9. The van der Waals surface area contributed by atoms with Gasteiger partial charge >= 0.3 is 0 Å². The first-order chi connectivity index (χ1) is 15.8. The Balaban J connectivity index is 2.45. The number of hydrogen-bond donors (Lipinski definition) is 1. The van der Waals surface area contributed by atoms with E-state index in [2.05, 4.69) is 5.32 Å². The molecule has 0 spiro atoms. The van der Waals surface area contributed by atoms with Crippen LogP contribution in [0.25, 0.3) is 0 Å². The lowest BCUT2D eigenvalue weighted by molar-refractivity contribution is -0.140. The molecule has 0 heterocycles. The maximum Gasteiger partial charge on any atom is 0.244 e. The van der Waals surface area contributed by atoms with Crippen molar-refractivity contribution in [2.24, 2.45) is 0 Å². The molecule has 0 saturated heterocycles. The molecule has 2 aromatic carbocycles. The highest BCUT2D eigenvalue weighted by atomic mass is 35.5. The Morgan fingerprint density at radius 3 is 2.18 bits per heavy atom. The van der Waals surface area contributed by atoms with Gasteiger partial charge in [-0.1, -0.05) is 42.3 Å². The fourth-order valence-electron chi connectivity index (χ4n) is 3.34. The van der Waals surface area contributed by atoms with Crippen LogP contribution in [-0.4, -0.2) is 50.0 Å². The Kier molecular flexibility index (Phi) is 9.73. The maximum atomic E-state index is 13.5. The third-order valence-electron chi connectivity index (χ3n) is 4.95. The summed E-state index contributed by atoms with van der Waals surface area (Å²) in [5.74, 6) is -1.41. The van der Waals surface area contributed by atoms with E-state index in [9.17, 15) is 22.4 Å². The molecule has 0 saturated carbocycles. The third-order valence-corrected chi connectivity index (χ3v) is 6.83. The second-order valence-corrected chi connectivity index (χ2v) is 10.8. The van der Waals surface area contributed by atoms with Gasteiger partial charge in [0.05, 0.1) is 22.0 Å². The fourth-order valence-corrected chi connectivity index (χ4v) is 4.47. The first-order valence-corrected chi connectivity index (χ1v) is 13.2. The van der Waals surface area contributed by atoms with Crippen LogP contribution in [0.1, 0.15) is 32.8 Å².